The highest BCUT2D eigenvalue weighted by Gasteiger charge is 2.18. The third kappa shape index (κ3) is 3.08. The summed E-state index contributed by atoms with van der Waals surface area (Å²) in [4.78, 5) is 23.1. The van der Waals surface area contributed by atoms with Crippen molar-refractivity contribution >= 4 is 17.3 Å². The molecule has 0 saturated carbocycles. The quantitative estimate of drug-likeness (QED) is 0.668. The van der Waals surface area contributed by atoms with Gasteiger partial charge in [0.25, 0.3) is 11.6 Å². The van der Waals surface area contributed by atoms with E-state index in [1.165, 1.54) is 6.07 Å². The van der Waals surface area contributed by atoms with Gasteiger partial charge in [0.15, 0.2) is 0 Å². The summed E-state index contributed by atoms with van der Waals surface area (Å²) in [5.41, 5.74) is 4.13. The van der Waals surface area contributed by atoms with E-state index in [9.17, 15) is 14.9 Å². The van der Waals surface area contributed by atoms with E-state index in [1.54, 1.807) is 19.1 Å². The maximum atomic E-state index is 12.5. The molecule has 2 aromatic carbocycles. The molecule has 0 fully saturated rings. The normalized spacial score (nSPS) is 12.9. The van der Waals surface area contributed by atoms with Gasteiger partial charge in [0.2, 0.25) is 0 Å². The van der Waals surface area contributed by atoms with Crippen LogP contribution in [0.5, 0.6) is 0 Å². The zero-order valence-electron chi connectivity index (χ0n) is 13.5. The van der Waals surface area contributed by atoms with Crippen molar-refractivity contribution in [2.75, 3.05) is 11.9 Å². The van der Waals surface area contributed by atoms with Crippen LogP contribution in [0.2, 0.25) is 0 Å². The number of benzene rings is 2. The lowest BCUT2D eigenvalue weighted by molar-refractivity contribution is -0.385. The molecule has 0 aliphatic carbocycles. The fourth-order valence-corrected chi connectivity index (χ4v) is 3.05. The van der Waals surface area contributed by atoms with E-state index in [0.29, 0.717) is 11.1 Å². The average Bonchev–Trinajstić information content (AvgIpc) is 2.59. The highest BCUT2D eigenvalue weighted by atomic mass is 16.6. The molecule has 0 bridgehead atoms. The largest absolute Gasteiger partial charge is 0.385 e. The number of carbonyl (C=O) groups excluding carboxylic acids is 1. The van der Waals surface area contributed by atoms with Gasteiger partial charge in [0.05, 0.1) is 4.92 Å². The van der Waals surface area contributed by atoms with Crippen LogP contribution in [0.4, 0.5) is 11.4 Å². The Kier molecular flexibility index (Phi) is 4.46. The van der Waals surface area contributed by atoms with Crippen molar-refractivity contribution < 1.29 is 9.72 Å². The molecule has 0 atom stereocenters. The number of hydrogen-bond donors (Lipinski definition) is 2. The van der Waals surface area contributed by atoms with Crippen LogP contribution in [0.15, 0.2) is 36.4 Å². The molecule has 6 nitrogen and oxygen atoms in total. The molecule has 24 heavy (non-hydrogen) atoms. The second kappa shape index (κ2) is 6.70. The molecular weight excluding hydrogens is 306 g/mol. The highest BCUT2D eigenvalue weighted by Crippen LogP contribution is 2.25. The van der Waals surface area contributed by atoms with E-state index in [4.69, 9.17) is 0 Å². The van der Waals surface area contributed by atoms with E-state index in [-0.39, 0.29) is 18.1 Å². The summed E-state index contributed by atoms with van der Waals surface area (Å²) in [5.74, 6) is -0.151. The number of hydrogen-bond acceptors (Lipinski definition) is 4. The maximum Gasteiger partial charge on any atom is 0.272 e. The van der Waals surface area contributed by atoms with Crippen molar-refractivity contribution in [1.82, 2.24) is 5.32 Å². The van der Waals surface area contributed by atoms with Crippen molar-refractivity contribution in [2.24, 2.45) is 0 Å². The van der Waals surface area contributed by atoms with Gasteiger partial charge >= 0.3 is 0 Å². The molecule has 1 heterocycles. The van der Waals surface area contributed by atoms with Crippen LogP contribution in [-0.4, -0.2) is 17.4 Å². The summed E-state index contributed by atoms with van der Waals surface area (Å²) < 4.78 is 0. The predicted molar refractivity (Wildman–Crippen MR) is 92.3 cm³/mol. The van der Waals surface area contributed by atoms with Crippen LogP contribution >= 0.6 is 0 Å². The second-order valence-corrected chi connectivity index (χ2v) is 5.86. The summed E-state index contributed by atoms with van der Waals surface area (Å²) >= 11 is 0. The van der Waals surface area contributed by atoms with Gasteiger partial charge in [-0.25, -0.2) is 0 Å². The Morgan fingerprint density at radius 1 is 1.29 bits per heavy atom. The first-order valence-corrected chi connectivity index (χ1v) is 7.95. The number of nitro groups is 1. The number of anilines is 1. The van der Waals surface area contributed by atoms with Gasteiger partial charge in [-0.2, -0.15) is 0 Å². The zero-order valence-corrected chi connectivity index (χ0v) is 13.5. The van der Waals surface area contributed by atoms with Crippen molar-refractivity contribution in [3.8, 4) is 0 Å². The Labute approximate surface area is 140 Å². The molecule has 2 N–H and O–H groups in total. The monoisotopic (exact) mass is 325 g/mol. The smallest absolute Gasteiger partial charge is 0.272 e. The summed E-state index contributed by atoms with van der Waals surface area (Å²) in [7, 11) is 0. The number of nitro benzene ring substituents is 1. The van der Waals surface area contributed by atoms with E-state index in [2.05, 4.69) is 10.6 Å². The van der Waals surface area contributed by atoms with E-state index in [1.807, 2.05) is 18.2 Å². The van der Waals surface area contributed by atoms with Crippen LogP contribution in [0.25, 0.3) is 0 Å². The first kappa shape index (κ1) is 16.0. The Morgan fingerprint density at radius 2 is 2.08 bits per heavy atom. The molecule has 1 aliphatic heterocycles. The molecule has 2 aromatic rings. The Hall–Kier alpha value is -2.89. The second-order valence-electron chi connectivity index (χ2n) is 5.86. The summed E-state index contributed by atoms with van der Waals surface area (Å²) in [5, 5.41) is 17.2. The fraction of sp³-hybridized carbons (Fsp3) is 0.278. The molecule has 0 unspecified atom stereocenters. The molecule has 1 amide bonds. The van der Waals surface area contributed by atoms with Crippen molar-refractivity contribution in [3.63, 3.8) is 0 Å². The lowest BCUT2D eigenvalue weighted by Gasteiger charge is -2.20. The van der Waals surface area contributed by atoms with Crippen molar-refractivity contribution in [2.45, 2.75) is 26.3 Å². The Morgan fingerprint density at radius 3 is 2.88 bits per heavy atom. The van der Waals surface area contributed by atoms with Gasteiger partial charge in [0, 0.05) is 36.0 Å². The van der Waals surface area contributed by atoms with Gasteiger partial charge in [0.1, 0.15) is 0 Å². The van der Waals surface area contributed by atoms with Crippen LogP contribution in [0.3, 0.4) is 0 Å². The number of rotatable bonds is 4. The van der Waals surface area contributed by atoms with E-state index < -0.39 is 4.92 Å². The summed E-state index contributed by atoms with van der Waals surface area (Å²) in [6.07, 6.45) is 1.88. The molecule has 1 aliphatic rings. The van der Waals surface area contributed by atoms with Gasteiger partial charge in [-0.15, -0.1) is 0 Å². The fourth-order valence-electron chi connectivity index (χ4n) is 3.05. The number of nitrogens with one attached hydrogen (secondary N) is 2. The van der Waals surface area contributed by atoms with Gasteiger partial charge in [-0.05, 0) is 43.0 Å². The number of nitrogens with zero attached hydrogens (tertiary/aromatic N) is 1. The minimum Gasteiger partial charge on any atom is -0.385 e. The van der Waals surface area contributed by atoms with Crippen LogP contribution in [-0.2, 0) is 13.0 Å². The molecule has 124 valence electrons. The van der Waals surface area contributed by atoms with E-state index >= 15 is 0 Å². The minimum absolute atomic E-state index is 0.0723. The lowest BCUT2D eigenvalue weighted by Crippen LogP contribution is -2.26. The topological polar surface area (TPSA) is 84.3 Å². The highest BCUT2D eigenvalue weighted by molar-refractivity contribution is 5.97. The van der Waals surface area contributed by atoms with Gasteiger partial charge < -0.3 is 10.6 Å². The number of amides is 1. The molecule has 6 heteroatoms. The Bertz CT molecular complexity index is 802. The third-order valence-electron chi connectivity index (χ3n) is 4.39. The zero-order chi connectivity index (χ0) is 17.1. The standard InChI is InChI=1S/C18H19N3O3/c1-12-13(5-2-9-17(12)21(23)24)11-20-18(22)15-6-3-8-16-14(15)7-4-10-19-16/h2-3,5-6,8-9,19H,4,7,10-11H2,1H3,(H,20,22). The van der Waals surface area contributed by atoms with Crippen molar-refractivity contribution in [3.05, 3.63) is 68.8 Å². The molecule has 0 spiro atoms. The molecule has 3 rings (SSSR count). The van der Waals surface area contributed by atoms with Gasteiger partial charge in [-0.1, -0.05) is 18.2 Å². The number of carbonyl (C=O) groups is 1. The van der Waals surface area contributed by atoms with Gasteiger partial charge in [-0.3, -0.25) is 14.9 Å². The van der Waals surface area contributed by atoms with E-state index in [0.717, 1.165) is 36.2 Å². The van der Waals surface area contributed by atoms with Crippen LogP contribution in [0, 0.1) is 17.0 Å². The first-order valence-electron chi connectivity index (χ1n) is 7.95. The Balaban J connectivity index is 1.78. The molecular formula is C18H19N3O3. The number of fused-ring (bicyclic) bond motifs is 1. The third-order valence-corrected chi connectivity index (χ3v) is 4.39. The molecule has 0 aromatic heterocycles. The van der Waals surface area contributed by atoms with Crippen LogP contribution in [0.1, 0.15) is 33.5 Å². The minimum atomic E-state index is -0.403. The lowest BCUT2D eigenvalue weighted by atomic mass is 9.97. The van der Waals surface area contributed by atoms with Crippen LogP contribution < -0.4 is 10.6 Å². The summed E-state index contributed by atoms with van der Waals surface area (Å²) in [6.45, 7) is 2.89. The molecule has 0 saturated heterocycles. The van der Waals surface area contributed by atoms with Crippen molar-refractivity contribution in [1.29, 1.82) is 0 Å². The first-order chi connectivity index (χ1) is 11.6. The SMILES string of the molecule is Cc1c(CNC(=O)c2cccc3c2CCCN3)cccc1[N+](=O)[O-]. The summed E-state index contributed by atoms with van der Waals surface area (Å²) in [6, 6.07) is 10.6. The predicted octanol–water partition coefficient (Wildman–Crippen LogP) is 3.19. The average molecular weight is 325 g/mol. The molecule has 0 radical (unpaired) electrons. The maximum absolute atomic E-state index is 12.5.